The van der Waals surface area contributed by atoms with E-state index in [1.807, 2.05) is 6.07 Å². The Morgan fingerprint density at radius 1 is 1.32 bits per heavy atom. The first kappa shape index (κ1) is 19.1. The molecule has 5 nitrogen and oxygen atoms in total. The maximum Gasteiger partial charge on any atom is 0.257 e. The van der Waals surface area contributed by atoms with Gasteiger partial charge in [-0.15, -0.1) is 0 Å². The number of carbonyl (C=O) groups is 1. The molecular weight excluding hydrogens is 358 g/mol. The van der Waals surface area contributed by atoms with Gasteiger partial charge in [0.25, 0.3) is 5.91 Å². The fourth-order valence-electron chi connectivity index (χ4n) is 1.93. The summed E-state index contributed by atoms with van der Waals surface area (Å²) in [6.07, 6.45) is 2.49. The van der Waals surface area contributed by atoms with Gasteiger partial charge in [0.2, 0.25) is 0 Å². The molecule has 0 atom stereocenters. The molecule has 2 rings (SSSR count). The van der Waals surface area contributed by atoms with Gasteiger partial charge in [0.15, 0.2) is 5.11 Å². The number of rotatable bonds is 6. The average Bonchev–Trinajstić information content (AvgIpc) is 2.57. The van der Waals surface area contributed by atoms with E-state index in [4.69, 9.17) is 28.6 Å². The number of hydrogen-bond acceptors (Lipinski definition) is 4. The number of halogens is 1. The number of ether oxygens (including phenoxy) is 1. The van der Waals surface area contributed by atoms with E-state index >= 15 is 0 Å². The molecule has 0 aliphatic heterocycles. The number of hydrogen-bond donors (Lipinski definition) is 2. The van der Waals surface area contributed by atoms with Gasteiger partial charge in [-0.25, -0.2) is 4.98 Å². The number of anilines is 1. The summed E-state index contributed by atoms with van der Waals surface area (Å²) in [6, 6.07) is 10.4. The first-order chi connectivity index (χ1) is 11.9. The summed E-state index contributed by atoms with van der Waals surface area (Å²) in [6.45, 7) is 4.89. The number of amides is 1. The summed E-state index contributed by atoms with van der Waals surface area (Å²) < 4.78 is 5.67. The van der Waals surface area contributed by atoms with Crippen LogP contribution in [-0.4, -0.2) is 22.6 Å². The van der Waals surface area contributed by atoms with E-state index in [2.05, 4.69) is 29.5 Å². The highest BCUT2D eigenvalue weighted by Gasteiger charge is 2.09. The van der Waals surface area contributed by atoms with Gasteiger partial charge < -0.3 is 10.1 Å². The summed E-state index contributed by atoms with van der Waals surface area (Å²) in [7, 11) is 0. The van der Waals surface area contributed by atoms with E-state index in [-0.39, 0.29) is 11.0 Å². The lowest BCUT2D eigenvalue weighted by Gasteiger charge is -2.11. The van der Waals surface area contributed by atoms with Gasteiger partial charge in [-0.2, -0.15) is 0 Å². The van der Waals surface area contributed by atoms with Crippen LogP contribution in [-0.2, 0) is 0 Å². The monoisotopic (exact) mass is 377 g/mol. The van der Waals surface area contributed by atoms with Crippen molar-refractivity contribution in [2.75, 3.05) is 11.9 Å². The van der Waals surface area contributed by atoms with Crippen LogP contribution < -0.4 is 15.4 Å². The van der Waals surface area contributed by atoms with Crippen molar-refractivity contribution < 1.29 is 9.53 Å². The van der Waals surface area contributed by atoms with Crippen LogP contribution in [0.3, 0.4) is 0 Å². The van der Waals surface area contributed by atoms with Crippen LogP contribution in [0.5, 0.6) is 5.75 Å². The van der Waals surface area contributed by atoms with Crippen molar-refractivity contribution >= 4 is 40.5 Å². The largest absolute Gasteiger partial charge is 0.494 e. The van der Waals surface area contributed by atoms with E-state index in [0.29, 0.717) is 34.7 Å². The third-order valence-electron chi connectivity index (χ3n) is 3.27. The molecule has 7 heteroatoms. The van der Waals surface area contributed by atoms with E-state index < -0.39 is 0 Å². The van der Waals surface area contributed by atoms with Crippen LogP contribution in [0.1, 0.15) is 30.6 Å². The lowest BCUT2D eigenvalue weighted by atomic mass is 10.1. The summed E-state index contributed by atoms with van der Waals surface area (Å²) in [5, 5.41) is 6.07. The molecule has 0 radical (unpaired) electrons. The van der Waals surface area contributed by atoms with Crippen molar-refractivity contribution in [3.05, 3.63) is 53.3 Å². The molecule has 1 aromatic heterocycles. The molecule has 2 N–H and O–H groups in total. The van der Waals surface area contributed by atoms with E-state index in [9.17, 15) is 4.79 Å². The van der Waals surface area contributed by atoms with Gasteiger partial charge in [-0.05, 0) is 54.9 Å². The van der Waals surface area contributed by atoms with Gasteiger partial charge >= 0.3 is 0 Å². The highest BCUT2D eigenvalue weighted by molar-refractivity contribution is 7.80. The second kappa shape index (κ2) is 9.34. The van der Waals surface area contributed by atoms with Crippen LogP contribution in [0, 0.1) is 5.92 Å². The Morgan fingerprint density at radius 3 is 2.80 bits per heavy atom. The van der Waals surface area contributed by atoms with Gasteiger partial charge in [-0.1, -0.05) is 31.5 Å². The van der Waals surface area contributed by atoms with E-state index in [0.717, 1.165) is 6.42 Å². The number of carbonyl (C=O) groups excluding carboxylic acids is 1. The molecule has 0 aliphatic carbocycles. The molecule has 0 unspecified atom stereocenters. The summed E-state index contributed by atoms with van der Waals surface area (Å²) >= 11 is 10.9. The van der Waals surface area contributed by atoms with Gasteiger partial charge in [-0.3, -0.25) is 10.1 Å². The molecule has 1 heterocycles. The summed E-state index contributed by atoms with van der Waals surface area (Å²) in [5.41, 5.74) is 1.11. The third-order valence-corrected chi connectivity index (χ3v) is 3.70. The number of thiocarbonyl (C=S) groups is 1. The van der Waals surface area contributed by atoms with Crippen molar-refractivity contribution in [3.8, 4) is 5.75 Å². The molecular formula is C18H20ClN3O2S. The molecule has 1 amide bonds. The quantitative estimate of drug-likeness (QED) is 0.581. The van der Waals surface area contributed by atoms with Crippen molar-refractivity contribution in [3.63, 3.8) is 0 Å². The lowest BCUT2D eigenvalue weighted by molar-refractivity contribution is 0.0977. The Bertz CT molecular complexity index is 735. The zero-order valence-corrected chi connectivity index (χ0v) is 15.7. The van der Waals surface area contributed by atoms with Crippen molar-refractivity contribution in [2.45, 2.75) is 20.3 Å². The van der Waals surface area contributed by atoms with Crippen LogP contribution >= 0.6 is 23.8 Å². The van der Waals surface area contributed by atoms with Crippen molar-refractivity contribution in [1.29, 1.82) is 0 Å². The van der Waals surface area contributed by atoms with Gasteiger partial charge in [0.1, 0.15) is 10.9 Å². The molecule has 2 aromatic rings. The molecule has 0 saturated carbocycles. The fourth-order valence-corrected chi connectivity index (χ4v) is 2.25. The molecule has 0 fully saturated rings. The first-order valence-electron chi connectivity index (χ1n) is 7.91. The highest BCUT2D eigenvalue weighted by Crippen LogP contribution is 2.15. The Balaban J connectivity index is 1.91. The Hall–Kier alpha value is -2.18. The first-order valence-corrected chi connectivity index (χ1v) is 8.69. The van der Waals surface area contributed by atoms with Crippen LogP contribution in [0.4, 0.5) is 5.69 Å². The Labute approximate surface area is 157 Å². The van der Waals surface area contributed by atoms with Gasteiger partial charge in [0.05, 0.1) is 18.5 Å². The second-order valence-electron chi connectivity index (χ2n) is 5.84. The molecule has 25 heavy (non-hydrogen) atoms. The molecule has 1 aromatic carbocycles. The number of pyridine rings is 1. The van der Waals surface area contributed by atoms with E-state index in [1.54, 1.807) is 30.3 Å². The molecule has 132 valence electrons. The number of nitrogens with one attached hydrogen (secondary N) is 2. The predicted molar refractivity (Wildman–Crippen MR) is 104 cm³/mol. The predicted octanol–water partition coefficient (Wildman–Crippen LogP) is 4.29. The summed E-state index contributed by atoms with van der Waals surface area (Å²) in [4.78, 5) is 16.2. The van der Waals surface area contributed by atoms with Crippen molar-refractivity contribution in [2.24, 2.45) is 5.92 Å². The zero-order valence-electron chi connectivity index (χ0n) is 14.1. The maximum absolute atomic E-state index is 12.3. The van der Waals surface area contributed by atoms with Crippen LogP contribution in [0.25, 0.3) is 0 Å². The normalized spacial score (nSPS) is 10.4. The van der Waals surface area contributed by atoms with Crippen LogP contribution in [0.2, 0.25) is 5.15 Å². The highest BCUT2D eigenvalue weighted by atomic mass is 35.5. The number of benzene rings is 1. The van der Waals surface area contributed by atoms with Crippen molar-refractivity contribution in [1.82, 2.24) is 10.3 Å². The number of nitrogens with zero attached hydrogens (tertiary/aromatic N) is 1. The second-order valence-corrected chi connectivity index (χ2v) is 6.63. The summed E-state index contributed by atoms with van der Waals surface area (Å²) in [5.74, 6) is 0.917. The molecule has 0 spiro atoms. The molecule has 0 bridgehead atoms. The minimum atomic E-state index is -0.311. The smallest absolute Gasteiger partial charge is 0.257 e. The Kier molecular flexibility index (Phi) is 7.16. The lowest BCUT2D eigenvalue weighted by Crippen LogP contribution is -2.34. The fraction of sp³-hybridized carbons (Fsp3) is 0.278. The topological polar surface area (TPSA) is 63.2 Å². The Morgan fingerprint density at radius 2 is 2.12 bits per heavy atom. The maximum atomic E-state index is 12.3. The van der Waals surface area contributed by atoms with Crippen LogP contribution in [0.15, 0.2) is 42.6 Å². The minimum absolute atomic E-state index is 0.181. The third kappa shape index (κ3) is 6.68. The molecule has 0 aliphatic rings. The molecule has 0 saturated heterocycles. The van der Waals surface area contributed by atoms with Gasteiger partial charge in [0, 0.05) is 5.56 Å². The van der Waals surface area contributed by atoms with E-state index in [1.165, 1.54) is 6.20 Å². The average molecular weight is 378 g/mol. The SMILES string of the molecule is CC(C)CCOc1cccc(C(=O)NC(=S)Nc2ccc(Cl)nc2)c1. The number of aromatic nitrogens is 1. The minimum Gasteiger partial charge on any atom is -0.494 e. The standard InChI is InChI=1S/C18H20ClN3O2S/c1-12(2)8-9-24-15-5-3-4-13(10-15)17(23)22-18(25)21-14-6-7-16(19)20-11-14/h3-7,10-12H,8-9H2,1-2H3,(H2,21,22,23,25). The zero-order chi connectivity index (χ0) is 18.2.